The summed E-state index contributed by atoms with van der Waals surface area (Å²) in [5.41, 5.74) is 5.65. The van der Waals surface area contributed by atoms with Gasteiger partial charge in [-0.25, -0.2) is 0 Å². The smallest absolute Gasteiger partial charge is 0.237 e. The van der Waals surface area contributed by atoms with Crippen molar-refractivity contribution in [3.05, 3.63) is 0 Å². The summed E-state index contributed by atoms with van der Waals surface area (Å²) in [5, 5.41) is 2.58. The van der Waals surface area contributed by atoms with Crippen molar-refractivity contribution >= 4 is 24.0 Å². The summed E-state index contributed by atoms with van der Waals surface area (Å²) in [6.07, 6.45) is 4.38. The van der Waals surface area contributed by atoms with Crippen molar-refractivity contribution in [1.82, 2.24) is 5.32 Å². The standard InChI is InChI=1S/C10H19N2O2S/c1-7(2)9(6-13)12-10(14)8(11)4-5-15-3/h7-9H,4-5,11H2,1-3H3,(H,12,14)/t8-,9+/m0/s1. The van der Waals surface area contributed by atoms with Crippen LogP contribution in [0.25, 0.3) is 0 Å². The fourth-order valence-corrected chi connectivity index (χ4v) is 1.46. The SMILES string of the molecule is CSCC[C@H](N)C(=O)N[C@H]([C]=O)C(C)C. The molecule has 0 aliphatic rings. The molecule has 0 fully saturated rings. The van der Waals surface area contributed by atoms with Gasteiger partial charge >= 0.3 is 0 Å². The summed E-state index contributed by atoms with van der Waals surface area (Å²) >= 11 is 1.64. The minimum absolute atomic E-state index is 0.0409. The number of nitrogens with one attached hydrogen (secondary N) is 1. The molecule has 0 saturated carbocycles. The molecule has 0 saturated heterocycles. The molecule has 0 bridgehead atoms. The van der Waals surface area contributed by atoms with E-state index in [-0.39, 0.29) is 11.8 Å². The largest absolute Gasteiger partial charge is 0.344 e. The Balaban J connectivity index is 4.04. The molecule has 0 aromatic carbocycles. The molecule has 1 radical (unpaired) electrons. The van der Waals surface area contributed by atoms with Crippen LogP contribution in [0.2, 0.25) is 0 Å². The number of nitrogens with two attached hydrogens (primary N) is 1. The highest BCUT2D eigenvalue weighted by Crippen LogP contribution is 2.02. The zero-order valence-electron chi connectivity index (χ0n) is 9.45. The Kier molecular flexibility index (Phi) is 7.42. The van der Waals surface area contributed by atoms with Crippen LogP contribution in [0.15, 0.2) is 0 Å². The van der Waals surface area contributed by atoms with Crippen LogP contribution in [0, 0.1) is 5.92 Å². The second-order valence-corrected chi connectivity index (χ2v) is 4.72. The number of carbonyl (C=O) groups excluding carboxylic acids is 2. The van der Waals surface area contributed by atoms with E-state index in [9.17, 15) is 9.59 Å². The van der Waals surface area contributed by atoms with Crippen LogP contribution in [0.3, 0.4) is 0 Å². The number of hydrogen-bond acceptors (Lipinski definition) is 4. The Morgan fingerprint density at radius 1 is 1.53 bits per heavy atom. The molecule has 0 aliphatic carbocycles. The van der Waals surface area contributed by atoms with E-state index in [1.807, 2.05) is 20.1 Å². The number of amides is 1. The highest BCUT2D eigenvalue weighted by atomic mass is 32.2. The van der Waals surface area contributed by atoms with Crippen molar-refractivity contribution in [2.45, 2.75) is 32.4 Å². The van der Waals surface area contributed by atoms with E-state index in [2.05, 4.69) is 5.32 Å². The van der Waals surface area contributed by atoms with Crippen LogP contribution < -0.4 is 11.1 Å². The Morgan fingerprint density at radius 3 is 2.53 bits per heavy atom. The molecule has 0 aliphatic heterocycles. The zero-order valence-corrected chi connectivity index (χ0v) is 10.3. The molecule has 0 unspecified atom stereocenters. The Morgan fingerprint density at radius 2 is 2.13 bits per heavy atom. The number of thioether (sulfide) groups is 1. The van der Waals surface area contributed by atoms with E-state index in [1.54, 1.807) is 18.0 Å². The lowest BCUT2D eigenvalue weighted by Crippen LogP contribution is -2.48. The first kappa shape index (κ1) is 14.5. The molecule has 1 amide bonds. The third-order valence-electron chi connectivity index (χ3n) is 2.06. The average molecular weight is 231 g/mol. The molecule has 3 N–H and O–H groups in total. The average Bonchev–Trinajstić information content (AvgIpc) is 2.21. The molecule has 0 spiro atoms. The van der Waals surface area contributed by atoms with E-state index >= 15 is 0 Å². The number of rotatable bonds is 7. The second-order valence-electron chi connectivity index (χ2n) is 3.74. The first-order valence-corrected chi connectivity index (χ1v) is 6.34. The van der Waals surface area contributed by atoms with Crippen LogP contribution in [0.4, 0.5) is 0 Å². The second kappa shape index (κ2) is 7.70. The van der Waals surface area contributed by atoms with Crippen LogP contribution in [-0.2, 0) is 9.59 Å². The van der Waals surface area contributed by atoms with Gasteiger partial charge in [0, 0.05) is 0 Å². The molecule has 15 heavy (non-hydrogen) atoms. The van der Waals surface area contributed by atoms with Crippen molar-refractivity contribution in [3.8, 4) is 0 Å². The summed E-state index contributed by atoms with van der Waals surface area (Å²) in [5.74, 6) is 0.608. The minimum atomic E-state index is -0.558. The minimum Gasteiger partial charge on any atom is -0.344 e. The van der Waals surface area contributed by atoms with Crippen molar-refractivity contribution < 1.29 is 9.59 Å². The molecule has 0 rings (SSSR count). The molecular weight excluding hydrogens is 212 g/mol. The monoisotopic (exact) mass is 231 g/mol. The molecule has 87 valence electrons. The van der Waals surface area contributed by atoms with Gasteiger partial charge in [-0.2, -0.15) is 11.8 Å². The van der Waals surface area contributed by atoms with Crippen molar-refractivity contribution in [1.29, 1.82) is 0 Å². The lowest BCUT2D eigenvalue weighted by atomic mass is 10.1. The molecule has 0 aromatic rings. The van der Waals surface area contributed by atoms with Crippen molar-refractivity contribution in [2.75, 3.05) is 12.0 Å². The van der Waals surface area contributed by atoms with Crippen LogP contribution in [0.1, 0.15) is 20.3 Å². The van der Waals surface area contributed by atoms with Gasteiger partial charge in [-0.3, -0.25) is 9.59 Å². The van der Waals surface area contributed by atoms with E-state index in [0.717, 1.165) is 5.75 Å². The van der Waals surface area contributed by atoms with Gasteiger partial charge in [0.05, 0.1) is 12.1 Å². The van der Waals surface area contributed by atoms with E-state index in [0.29, 0.717) is 6.42 Å². The first-order valence-electron chi connectivity index (χ1n) is 4.95. The van der Waals surface area contributed by atoms with E-state index in [4.69, 9.17) is 5.73 Å². The fraction of sp³-hybridized carbons (Fsp3) is 0.800. The van der Waals surface area contributed by atoms with Crippen LogP contribution >= 0.6 is 11.8 Å². The van der Waals surface area contributed by atoms with Crippen LogP contribution in [0.5, 0.6) is 0 Å². The van der Waals surface area contributed by atoms with Crippen LogP contribution in [-0.4, -0.2) is 36.3 Å². The van der Waals surface area contributed by atoms with Crippen molar-refractivity contribution in [3.63, 3.8) is 0 Å². The quantitative estimate of drug-likeness (QED) is 0.662. The van der Waals surface area contributed by atoms with E-state index < -0.39 is 12.1 Å². The van der Waals surface area contributed by atoms with Gasteiger partial charge in [-0.05, 0) is 24.3 Å². The van der Waals surface area contributed by atoms with Gasteiger partial charge in [-0.15, -0.1) is 0 Å². The molecule has 0 aromatic heterocycles. The van der Waals surface area contributed by atoms with Gasteiger partial charge in [0.1, 0.15) is 0 Å². The molecule has 5 heteroatoms. The third kappa shape index (κ3) is 5.79. The maximum atomic E-state index is 11.5. The topological polar surface area (TPSA) is 72.2 Å². The summed E-state index contributed by atoms with van der Waals surface area (Å²) in [4.78, 5) is 22.0. The third-order valence-corrected chi connectivity index (χ3v) is 2.71. The van der Waals surface area contributed by atoms with Gasteiger partial charge in [0.15, 0.2) is 0 Å². The normalized spacial score (nSPS) is 14.7. The fourth-order valence-electron chi connectivity index (χ4n) is 0.968. The molecule has 2 atom stereocenters. The first-order chi connectivity index (χ1) is 7.02. The highest BCUT2D eigenvalue weighted by Gasteiger charge is 2.19. The number of carbonyl (C=O) groups is 1. The summed E-state index contributed by atoms with van der Waals surface area (Å²) in [6, 6.07) is -1.09. The number of hydrogen-bond donors (Lipinski definition) is 2. The molecule has 0 heterocycles. The Bertz CT molecular complexity index is 210. The maximum Gasteiger partial charge on any atom is 0.237 e. The molecular formula is C10H19N2O2S. The highest BCUT2D eigenvalue weighted by molar-refractivity contribution is 7.98. The Hall–Kier alpha value is -0.550. The van der Waals surface area contributed by atoms with Gasteiger partial charge < -0.3 is 11.1 Å². The molecule has 4 nitrogen and oxygen atoms in total. The van der Waals surface area contributed by atoms with Crippen molar-refractivity contribution in [2.24, 2.45) is 11.7 Å². The Labute approximate surface area is 95.4 Å². The maximum absolute atomic E-state index is 11.5. The van der Waals surface area contributed by atoms with E-state index in [1.165, 1.54) is 0 Å². The summed E-state index contributed by atoms with van der Waals surface area (Å²) in [7, 11) is 0. The summed E-state index contributed by atoms with van der Waals surface area (Å²) in [6.45, 7) is 3.70. The lowest BCUT2D eigenvalue weighted by Gasteiger charge is -2.18. The van der Waals surface area contributed by atoms with Gasteiger partial charge in [-0.1, -0.05) is 13.8 Å². The predicted octanol–water partition coefficient (Wildman–Crippen LogP) is 0.317. The predicted molar refractivity (Wildman–Crippen MR) is 63.4 cm³/mol. The zero-order chi connectivity index (χ0) is 11.8. The van der Waals surface area contributed by atoms with Gasteiger partial charge in [0.2, 0.25) is 12.2 Å². The summed E-state index contributed by atoms with van der Waals surface area (Å²) < 4.78 is 0. The lowest BCUT2D eigenvalue weighted by molar-refractivity contribution is -0.122. The van der Waals surface area contributed by atoms with Gasteiger partial charge in [0.25, 0.3) is 0 Å².